The van der Waals surface area contributed by atoms with E-state index in [4.69, 9.17) is 5.11 Å². The lowest BCUT2D eigenvalue weighted by Gasteiger charge is -2.23. The fourth-order valence-corrected chi connectivity index (χ4v) is 1.94. The Morgan fingerprint density at radius 1 is 1.47 bits per heavy atom. The molecule has 2 N–H and O–H groups in total. The van der Waals surface area contributed by atoms with Crippen LogP contribution < -0.4 is 5.32 Å². The van der Waals surface area contributed by atoms with Crippen LogP contribution in [0.15, 0.2) is 12.3 Å². The lowest BCUT2D eigenvalue weighted by Crippen LogP contribution is -2.26. The van der Waals surface area contributed by atoms with Gasteiger partial charge in [-0.05, 0) is 18.9 Å². The molecule has 1 unspecified atom stereocenters. The van der Waals surface area contributed by atoms with Crippen molar-refractivity contribution in [3.05, 3.63) is 17.8 Å². The normalized spacial score (nSPS) is 12.5. The van der Waals surface area contributed by atoms with Gasteiger partial charge in [-0.2, -0.15) is 5.10 Å². The molecule has 5 nitrogen and oxygen atoms in total. The average molecular weight is 237 g/mol. The number of nitrogens with zero attached hydrogens (tertiary/aromatic N) is 2. The van der Waals surface area contributed by atoms with Gasteiger partial charge in [0.15, 0.2) is 5.82 Å². The second-order valence-corrected chi connectivity index (χ2v) is 4.11. The fraction of sp³-hybridized carbons (Fsp3) is 0.583. The van der Waals surface area contributed by atoms with E-state index in [2.05, 4.69) is 29.4 Å². The Bertz CT molecular complexity index is 378. The molecule has 0 amide bonds. The smallest absolute Gasteiger partial charge is 0.339 e. The van der Waals surface area contributed by atoms with Crippen LogP contribution in [0.25, 0.3) is 0 Å². The highest BCUT2D eigenvalue weighted by molar-refractivity contribution is 5.92. The van der Waals surface area contributed by atoms with Crippen LogP contribution in [0.4, 0.5) is 5.82 Å². The van der Waals surface area contributed by atoms with E-state index in [1.54, 1.807) is 0 Å². The first-order valence-corrected chi connectivity index (χ1v) is 5.91. The summed E-state index contributed by atoms with van der Waals surface area (Å²) in [6.45, 7) is 6.29. The van der Waals surface area contributed by atoms with Gasteiger partial charge in [0.25, 0.3) is 0 Å². The van der Waals surface area contributed by atoms with Gasteiger partial charge in [-0.25, -0.2) is 4.79 Å². The molecule has 17 heavy (non-hydrogen) atoms. The number of hydrogen-bond acceptors (Lipinski definition) is 4. The van der Waals surface area contributed by atoms with Gasteiger partial charge in [-0.3, -0.25) is 0 Å². The van der Waals surface area contributed by atoms with Crippen molar-refractivity contribution < 1.29 is 9.90 Å². The van der Waals surface area contributed by atoms with Crippen LogP contribution in [0.2, 0.25) is 0 Å². The topological polar surface area (TPSA) is 75.1 Å². The standard InChI is InChI=1S/C12H19N3O2/c1-4-9(5-2)8(3)14-11-10(12(16)17)6-7-13-15-11/h6-9H,4-5H2,1-3H3,(H,14,15)(H,16,17). The molecule has 94 valence electrons. The summed E-state index contributed by atoms with van der Waals surface area (Å²) in [6, 6.07) is 1.64. The molecule has 1 heterocycles. The van der Waals surface area contributed by atoms with E-state index in [9.17, 15) is 4.79 Å². The predicted molar refractivity (Wildman–Crippen MR) is 66.1 cm³/mol. The number of carboxylic acids is 1. The Kier molecular flexibility index (Phi) is 4.87. The molecule has 1 rings (SSSR count). The largest absolute Gasteiger partial charge is 0.478 e. The minimum atomic E-state index is -0.987. The maximum absolute atomic E-state index is 11.0. The molecule has 5 heteroatoms. The van der Waals surface area contributed by atoms with E-state index in [1.807, 2.05) is 6.92 Å². The van der Waals surface area contributed by atoms with Crippen molar-refractivity contribution in [3.8, 4) is 0 Å². The number of rotatable bonds is 6. The fourth-order valence-electron chi connectivity index (χ4n) is 1.94. The van der Waals surface area contributed by atoms with Crippen molar-refractivity contribution in [1.29, 1.82) is 0 Å². The van der Waals surface area contributed by atoms with Crippen molar-refractivity contribution in [2.75, 3.05) is 5.32 Å². The van der Waals surface area contributed by atoms with E-state index < -0.39 is 5.97 Å². The Morgan fingerprint density at radius 2 is 2.12 bits per heavy atom. The monoisotopic (exact) mass is 237 g/mol. The summed E-state index contributed by atoms with van der Waals surface area (Å²) in [5, 5.41) is 19.7. The molecule has 1 aromatic heterocycles. The maximum atomic E-state index is 11.0. The molecule has 0 saturated heterocycles. The van der Waals surface area contributed by atoms with Gasteiger partial charge in [0.1, 0.15) is 5.56 Å². The highest BCUT2D eigenvalue weighted by Crippen LogP contribution is 2.18. The first-order valence-electron chi connectivity index (χ1n) is 5.91. The molecular formula is C12H19N3O2. The van der Waals surface area contributed by atoms with Gasteiger partial charge < -0.3 is 10.4 Å². The molecule has 0 bridgehead atoms. The van der Waals surface area contributed by atoms with Crippen molar-refractivity contribution in [2.45, 2.75) is 39.7 Å². The number of aromatic nitrogens is 2. The summed E-state index contributed by atoms with van der Waals surface area (Å²) in [7, 11) is 0. The zero-order valence-electron chi connectivity index (χ0n) is 10.5. The van der Waals surface area contributed by atoms with Crippen LogP contribution in [-0.4, -0.2) is 27.3 Å². The number of anilines is 1. The molecule has 0 aliphatic heterocycles. The summed E-state index contributed by atoms with van der Waals surface area (Å²) < 4.78 is 0. The summed E-state index contributed by atoms with van der Waals surface area (Å²) in [5.74, 6) is -0.141. The maximum Gasteiger partial charge on any atom is 0.339 e. The van der Waals surface area contributed by atoms with Gasteiger partial charge in [0.05, 0.1) is 6.20 Å². The molecule has 0 saturated carbocycles. The molecule has 0 aliphatic carbocycles. The van der Waals surface area contributed by atoms with Crippen molar-refractivity contribution in [1.82, 2.24) is 10.2 Å². The van der Waals surface area contributed by atoms with Crippen LogP contribution in [0.3, 0.4) is 0 Å². The first-order chi connectivity index (χ1) is 8.10. The van der Waals surface area contributed by atoms with Crippen molar-refractivity contribution in [2.24, 2.45) is 5.92 Å². The molecule has 0 aromatic carbocycles. The Morgan fingerprint density at radius 3 is 2.65 bits per heavy atom. The third kappa shape index (κ3) is 3.41. The van der Waals surface area contributed by atoms with E-state index >= 15 is 0 Å². The molecule has 0 spiro atoms. The second-order valence-electron chi connectivity index (χ2n) is 4.11. The highest BCUT2D eigenvalue weighted by Gasteiger charge is 2.17. The number of carbonyl (C=O) groups is 1. The molecular weight excluding hydrogens is 218 g/mol. The minimum Gasteiger partial charge on any atom is -0.478 e. The first kappa shape index (κ1) is 13.4. The molecule has 0 fully saturated rings. The van der Waals surface area contributed by atoms with E-state index in [-0.39, 0.29) is 11.6 Å². The highest BCUT2D eigenvalue weighted by atomic mass is 16.4. The predicted octanol–water partition coefficient (Wildman–Crippen LogP) is 2.41. The third-order valence-electron chi connectivity index (χ3n) is 3.07. The van der Waals surface area contributed by atoms with Crippen molar-refractivity contribution in [3.63, 3.8) is 0 Å². The number of nitrogens with one attached hydrogen (secondary N) is 1. The van der Waals surface area contributed by atoms with E-state index in [1.165, 1.54) is 12.3 Å². The van der Waals surface area contributed by atoms with E-state index in [0.29, 0.717) is 11.7 Å². The average Bonchev–Trinajstić information content (AvgIpc) is 2.31. The molecule has 1 aromatic rings. The number of hydrogen-bond donors (Lipinski definition) is 2. The van der Waals surface area contributed by atoms with Gasteiger partial charge >= 0.3 is 5.97 Å². The zero-order chi connectivity index (χ0) is 12.8. The van der Waals surface area contributed by atoms with Crippen LogP contribution >= 0.6 is 0 Å². The zero-order valence-corrected chi connectivity index (χ0v) is 10.5. The summed E-state index contributed by atoms with van der Waals surface area (Å²) >= 11 is 0. The van der Waals surface area contributed by atoms with Gasteiger partial charge in [0, 0.05) is 6.04 Å². The third-order valence-corrected chi connectivity index (χ3v) is 3.07. The summed E-state index contributed by atoms with van der Waals surface area (Å²) in [6.07, 6.45) is 3.48. The van der Waals surface area contributed by atoms with Crippen LogP contribution in [0.1, 0.15) is 44.0 Å². The second kappa shape index (κ2) is 6.18. The van der Waals surface area contributed by atoms with Gasteiger partial charge in [-0.1, -0.05) is 26.7 Å². The summed E-state index contributed by atoms with van der Waals surface area (Å²) in [4.78, 5) is 11.0. The van der Waals surface area contributed by atoms with Crippen LogP contribution in [0, 0.1) is 5.92 Å². The number of aromatic carboxylic acids is 1. The molecule has 1 atom stereocenters. The SMILES string of the molecule is CCC(CC)C(C)Nc1nnccc1C(=O)O. The molecule has 0 aliphatic rings. The van der Waals surface area contributed by atoms with Crippen LogP contribution in [0.5, 0.6) is 0 Å². The summed E-state index contributed by atoms with van der Waals surface area (Å²) in [5.41, 5.74) is 0.165. The minimum absolute atomic E-state index is 0.165. The van der Waals surface area contributed by atoms with Gasteiger partial charge in [0.2, 0.25) is 0 Å². The Balaban J connectivity index is 2.84. The van der Waals surface area contributed by atoms with E-state index in [0.717, 1.165) is 12.8 Å². The molecule has 0 radical (unpaired) electrons. The van der Waals surface area contributed by atoms with Crippen molar-refractivity contribution >= 4 is 11.8 Å². The Hall–Kier alpha value is -1.65. The quantitative estimate of drug-likeness (QED) is 0.794. The lowest BCUT2D eigenvalue weighted by atomic mass is 9.95. The Labute approximate surface area is 101 Å². The van der Waals surface area contributed by atoms with Gasteiger partial charge in [-0.15, -0.1) is 5.10 Å². The van der Waals surface area contributed by atoms with Crippen LogP contribution in [-0.2, 0) is 0 Å². The number of carboxylic acid groups (broad SMARTS) is 1. The lowest BCUT2D eigenvalue weighted by molar-refractivity contribution is 0.0697.